The molecule has 3 aliphatic heterocycles. The molecule has 0 unspecified atom stereocenters. The van der Waals surface area contributed by atoms with Gasteiger partial charge in [0.15, 0.2) is 0 Å². The fourth-order valence-corrected chi connectivity index (χ4v) is 3.87. The first-order chi connectivity index (χ1) is 12.0. The third-order valence-corrected chi connectivity index (χ3v) is 5.25. The van der Waals surface area contributed by atoms with Crippen molar-refractivity contribution in [1.82, 2.24) is 14.7 Å². The lowest BCUT2D eigenvalue weighted by Gasteiger charge is -2.47. The molecule has 132 valence electrons. The second kappa shape index (κ2) is 6.06. The largest absolute Gasteiger partial charge is 0.415 e. The monoisotopic (exact) mass is 343 g/mol. The van der Waals surface area contributed by atoms with Crippen LogP contribution >= 0.6 is 0 Å². The van der Waals surface area contributed by atoms with Gasteiger partial charge in [0.1, 0.15) is 17.8 Å². The number of rotatable bonds is 1. The Bertz CT molecular complexity index is 718. The molecule has 3 amide bonds. The van der Waals surface area contributed by atoms with Crippen LogP contribution in [-0.2, 0) is 9.59 Å². The number of hydrogen-bond acceptors (Lipinski definition) is 4. The Labute approximate surface area is 146 Å². The van der Waals surface area contributed by atoms with E-state index < -0.39 is 12.1 Å². The molecular weight excluding hydrogens is 322 g/mol. The Morgan fingerprint density at radius 2 is 1.68 bits per heavy atom. The zero-order valence-electron chi connectivity index (χ0n) is 14.2. The van der Waals surface area contributed by atoms with E-state index in [-0.39, 0.29) is 24.4 Å². The molecule has 3 aliphatic rings. The number of carbonyl (C=O) groups excluding carboxylic acids is 3. The molecule has 1 aromatic rings. The van der Waals surface area contributed by atoms with Crippen molar-refractivity contribution in [1.29, 1.82) is 0 Å². The van der Waals surface area contributed by atoms with Crippen molar-refractivity contribution in [3.8, 4) is 5.75 Å². The van der Waals surface area contributed by atoms with E-state index in [1.807, 2.05) is 19.1 Å². The van der Waals surface area contributed by atoms with Crippen LogP contribution in [0.25, 0.3) is 0 Å². The summed E-state index contributed by atoms with van der Waals surface area (Å²) in [6.45, 7) is 3.55. The maximum Gasteiger partial charge on any atom is 0.415 e. The third-order valence-electron chi connectivity index (χ3n) is 5.25. The smallest absolute Gasteiger partial charge is 0.410 e. The molecule has 0 bridgehead atoms. The van der Waals surface area contributed by atoms with Crippen molar-refractivity contribution in [2.75, 3.05) is 26.2 Å². The van der Waals surface area contributed by atoms with Crippen LogP contribution in [0.5, 0.6) is 5.75 Å². The molecule has 2 atom stereocenters. The number of hydrogen-bond donors (Lipinski definition) is 0. The molecular formula is C18H21N3O4. The SMILES string of the molecule is Cc1ccc(OC(=O)N2CCN3C(=O)[C@H]4CCCN4C(=O)[C@H]3C2)cc1. The number of aryl methyl sites for hydroxylation is 1. The number of fused-ring (bicyclic) bond motifs is 2. The Balaban J connectivity index is 1.46. The summed E-state index contributed by atoms with van der Waals surface area (Å²) in [4.78, 5) is 42.5. The predicted molar refractivity (Wildman–Crippen MR) is 89.0 cm³/mol. The minimum absolute atomic E-state index is 0.0219. The summed E-state index contributed by atoms with van der Waals surface area (Å²) >= 11 is 0. The van der Waals surface area contributed by atoms with Crippen molar-refractivity contribution in [3.63, 3.8) is 0 Å². The number of ether oxygens (including phenoxy) is 1. The van der Waals surface area contributed by atoms with Crippen molar-refractivity contribution >= 4 is 17.9 Å². The lowest BCUT2D eigenvalue weighted by molar-refractivity contribution is -0.162. The van der Waals surface area contributed by atoms with Gasteiger partial charge in [0.25, 0.3) is 0 Å². The summed E-state index contributed by atoms with van der Waals surface area (Å²) in [6, 6.07) is 6.35. The first-order valence-corrected chi connectivity index (χ1v) is 8.69. The molecule has 3 saturated heterocycles. The molecule has 3 fully saturated rings. The number of nitrogens with zero attached hydrogens (tertiary/aromatic N) is 3. The van der Waals surface area contributed by atoms with Crippen molar-refractivity contribution < 1.29 is 19.1 Å². The molecule has 1 aromatic carbocycles. The summed E-state index contributed by atoms with van der Waals surface area (Å²) in [5, 5.41) is 0. The quantitative estimate of drug-likeness (QED) is 0.763. The van der Waals surface area contributed by atoms with E-state index in [0.717, 1.165) is 18.4 Å². The van der Waals surface area contributed by atoms with E-state index in [0.29, 0.717) is 25.4 Å². The maximum atomic E-state index is 12.7. The first kappa shape index (κ1) is 15.9. The number of carbonyl (C=O) groups is 3. The van der Waals surface area contributed by atoms with E-state index in [1.165, 1.54) is 4.90 Å². The van der Waals surface area contributed by atoms with Gasteiger partial charge in [-0.1, -0.05) is 17.7 Å². The molecule has 0 N–H and O–H groups in total. The van der Waals surface area contributed by atoms with Crippen LogP contribution in [0.1, 0.15) is 18.4 Å². The van der Waals surface area contributed by atoms with Gasteiger partial charge in [-0.15, -0.1) is 0 Å². The van der Waals surface area contributed by atoms with Gasteiger partial charge < -0.3 is 19.4 Å². The summed E-state index contributed by atoms with van der Waals surface area (Å²) < 4.78 is 5.40. The van der Waals surface area contributed by atoms with E-state index in [4.69, 9.17) is 4.74 Å². The molecule has 0 radical (unpaired) electrons. The van der Waals surface area contributed by atoms with E-state index >= 15 is 0 Å². The van der Waals surface area contributed by atoms with Crippen LogP contribution in [0.4, 0.5) is 4.79 Å². The molecule has 0 spiro atoms. The molecule has 25 heavy (non-hydrogen) atoms. The highest BCUT2D eigenvalue weighted by molar-refractivity contribution is 5.98. The fraction of sp³-hybridized carbons (Fsp3) is 0.500. The van der Waals surface area contributed by atoms with Crippen LogP contribution < -0.4 is 4.74 Å². The van der Waals surface area contributed by atoms with Gasteiger partial charge in [-0.25, -0.2) is 4.79 Å². The Morgan fingerprint density at radius 1 is 1.00 bits per heavy atom. The second-order valence-electron chi connectivity index (χ2n) is 6.86. The molecule has 0 aromatic heterocycles. The van der Waals surface area contributed by atoms with Crippen LogP contribution in [0.15, 0.2) is 24.3 Å². The molecule has 4 rings (SSSR count). The number of piperazine rings is 2. The van der Waals surface area contributed by atoms with Crippen molar-refractivity contribution in [2.24, 2.45) is 0 Å². The predicted octanol–water partition coefficient (Wildman–Crippen LogP) is 1.01. The summed E-state index contributed by atoms with van der Waals surface area (Å²) in [6.07, 6.45) is 1.13. The second-order valence-corrected chi connectivity index (χ2v) is 6.86. The fourth-order valence-electron chi connectivity index (χ4n) is 3.87. The minimum atomic E-state index is -0.582. The van der Waals surface area contributed by atoms with Gasteiger partial charge in [-0.2, -0.15) is 0 Å². The average Bonchev–Trinajstić information content (AvgIpc) is 3.11. The van der Waals surface area contributed by atoms with Gasteiger partial charge in [0.2, 0.25) is 11.8 Å². The topological polar surface area (TPSA) is 70.2 Å². The highest BCUT2D eigenvalue weighted by Crippen LogP contribution is 2.29. The molecule has 0 saturated carbocycles. The minimum Gasteiger partial charge on any atom is -0.410 e. The highest BCUT2D eigenvalue weighted by atomic mass is 16.6. The van der Waals surface area contributed by atoms with Crippen LogP contribution in [0, 0.1) is 6.92 Å². The molecule has 3 heterocycles. The highest BCUT2D eigenvalue weighted by Gasteiger charge is 2.50. The van der Waals surface area contributed by atoms with Crippen molar-refractivity contribution in [2.45, 2.75) is 31.8 Å². The van der Waals surface area contributed by atoms with Crippen LogP contribution in [0.2, 0.25) is 0 Å². The van der Waals surface area contributed by atoms with Gasteiger partial charge in [-0.3, -0.25) is 9.59 Å². The Hall–Kier alpha value is -2.57. The number of benzene rings is 1. The lowest BCUT2D eigenvalue weighted by atomic mass is 10.0. The zero-order valence-corrected chi connectivity index (χ0v) is 14.2. The van der Waals surface area contributed by atoms with Crippen LogP contribution in [0.3, 0.4) is 0 Å². The van der Waals surface area contributed by atoms with E-state index in [1.54, 1.807) is 21.9 Å². The van der Waals surface area contributed by atoms with Crippen LogP contribution in [-0.4, -0.2) is 70.9 Å². The lowest BCUT2D eigenvalue weighted by Crippen LogP contribution is -2.69. The summed E-state index contributed by atoms with van der Waals surface area (Å²) in [7, 11) is 0. The molecule has 7 nitrogen and oxygen atoms in total. The van der Waals surface area contributed by atoms with E-state index in [9.17, 15) is 14.4 Å². The zero-order chi connectivity index (χ0) is 17.6. The molecule has 0 aliphatic carbocycles. The normalized spacial score (nSPS) is 25.7. The van der Waals surface area contributed by atoms with Crippen molar-refractivity contribution in [3.05, 3.63) is 29.8 Å². The standard InChI is InChI=1S/C18H21N3O4/c1-12-4-6-13(7-5-12)25-18(24)19-9-10-21-15(11-19)17(23)20-8-2-3-14(20)16(21)22/h4-7,14-15H,2-3,8-11H2,1H3/t14-,15-/m1/s1. The third kappa shape index (κ3) is 2.73. The van der Waals surface area contributed by atoms with Gasteiger partial charge in [0, 0.05) is 19.6 Å². The maximum absolute atomic E-state index is 12.7. The number of amides is 3. The van der Waals surface area contributed by atoms with E-state index in [2.05, 4.69) is 0 Å². The molecule has 7 heteroatoms. The average molecular weight is 343 g/mol. The summed E-state index contributed by atoms with van der Waals surface area (Å²) in [5.74, 6) is 0.451. The van der Waals surface area contributed by atoms with Gasteiger partial charge in [-0.05, 0) is 31.9 Å². The Morgan fingerprint density at radius 3 is 2.44 bits per heavy atom. The van der Waals surface area contributed by atoms with Gasteiger partial charge in [0.05, 0.1) is 6.54 Å². The van der Waals surface area contributed by atoms with Gasteiger partial charge >= 0.3 is 6.09 Å². The Kier molecular flexibility index (Phi) is 3.86. The summed E-state index contributed by atoms with van der Waals surface area (Å²) in [5.41, 5.74) is 1.08. The first-order valence-electron chi connectivity index (χ1n) is 8.69.